The molecule has 1 fully saturated rings. The number of benzene rings is 2. The first kappa shape index (κ1) is 31.4. The van der Waals surface area contributed by atoms with Crippen molar-refractivity contribution in [2.45, 2.75) is 64.8 Å². The Morgan fingerprint density at radius 1 is 1.10 bits per heavy atom. The van der Waals surface area contributed by atoms with Crippen LogP contribution in [-0.2, 0) is 30.2 Å². The topological polar surface area (TPSA) is 109 Å². The fourth-order valence-corrected chi connectivity index (χ4v) is 4.83. The predicted molar refractivity (Wildman–Crippen MR) is 160 cm³/mol. The molecule has 1 aromatic heterocycles. The number of methoxy groups -OCH3 is 2. The number of hydrogen-bond donors (Lipinski definition) is 1. The second-order valence-corrected chi connectivity index (χ2v) is 11.7. The summed E-state index contributed by atoms with van der Waals surface area (Å²) in [5.41, 5.74) is -0.0626. The lowest BCUT2D eigenvalue weighted by molar-refractivity contribution is -0.142. The molecule has 1 aliphatic rings. The Hall–Kier alpha value is -3.54. The van der Waals surface area contributed by atoms with Gasteiger partial charge in [0.15, 0.2) is 11.3 Å². The summed E-state index contributed by atoms with van der Waals surface area (Å²) in [7, 11) is 2.58. The molecule has 1 aliphatic heterocycles. The van der Waals surface area contributed by atoms with E-state index in [0.717, 1.165) is 16.4 Å². The Kier molecular flexibility index (Phi) is 9.25. The Morgan fingerprint density at radius 2 is 1.79 bits per heavy atom. The number of nitrogens with one attached hydrogen (secondary N) is 1. The van der Waals surface area contributed by atoms with Crippen molar-refractivity contribution in [1.29, 1.82) is 0 Å². The van der Waals surface area contributed by atoms with Crippen LogP contribution in [0.5, 0.6) is 11.5 Å². The molecule has 42 heavy (non-hydrogen) atoms. The Balaban J connectivity index is 1.57. The lowest BCUT2D eigenvalue weighted by Crippen LogP contribution is -2.60. The van der Waals surface area contributed by atoms with Gasteiger partial charge in [-0.05, 0) is 65.2 Å². The Labute approximate surface area is 247 Å². The standard InChI is InChI=1S/C31H41BN2O8/c1-21-27(24-14-13-23(17-26(24)40-21)32-41-29(2,3)30(4,5)42-32)39-19-31(6,34(20-35)15-16-37-7)28(36)33-18-22-11-9-10-12-25(22)38-8/h9-14,17,20H,15-16,18-19H2,1-8H3,(H,33,36). The predicted octanol–water partition coefficient (Wildman–Crippen LogP) is 3.61. The number of aryl methyl sites for hydroxylation is 1. The maximum atomic E-state index is 13.7. The summed E-state index contributed by atoms with van der Waals surface area (Å²) in [6.45, 7) is 12.0. The first-order valence-corrected chi connectivity index (χ1v) is 14.0. The van der Waals surface area contributed by atoms with Gasteiger partial charge in [-0.15, -0.1) is 0 Å². The lowest BCUT2D eigenvalue weighted by Gasteiger charge is -2.37. The van der Waals surface area contributed by atoms with Crippen LogP contribution in [0, 0.1) is 6.92 Å². The van der Waals surface area contributed by atoms with Gasteiger partial charge < -0.3 is 38.2 Å². The number of ether oxygens (including phenoxy) is 3. The molecule has 11 heteroatoms. The fourth-order valence-electron chi connectivity index (χ4n) is 4.83. The van der Waals surface area contributed by atoms with Gasteiger partial charge in [0.05, 0.1) is 30.3 Å². The van der Waals surface area contributed by atoms with E-state index < -0.39 is 23.9 Å². The van der Waals surface area contributed by atoms with E-state index in [2.05, 4.69) is 5.32 Å². The average molecular weight is 580 g/mol. The van der Waals surface area contributed by atoms with Crippen molar-refractivity contribution in [3.63, 3.8) is 0 Å². The molecule has 0 saturated carbocycles. The van der Waals surface area contributed by atoms with Crippen LogP contribution in [-0.4, -0.2) is 75.1 Å². The molecule has 4 rings (SSSR count). The summed E-state index contributed by atoms with van der Waals surface area (Å²) in [5.74, 6) is 1.31. The monoisotopic (exact) mass is 580 g/mol. The second-order valence-electron chi connectivity index (χ2n) is 11.7. The third kappa shape index (κ3) is 6.13. The van der Waals surface area contributed by atoms with Crippen molar-refractivity contribution in [3.05, 3.63) is 53.8 Å². The second kappa shape index (κ2) is 12.4. The third-order valence-electron chi connectivity index (χ3n) is 8.27. The van der Waals surface area contributed by atoms with E-state index in [1.807, 2.05) is 70.2 Å². The van der Waals surface area contributed by atoms with Crippen LogP contribution in [0.2, 0.25) is 0 Å². The van der Waals surface area contributed by atoms with E-state index in [1.165, 1.54) is 12.0 Å². The summed E-state index contributed by atoms with van der Waals surface area (Å²) < 4.78 is 35.3. The molecule has 0 bridgehead atoms. The molecule has 1 atom stereocenters. The first-order chi connectivity index (χ1) is 19.9. The minimum atomic E-state index is -1.36. The molecule has 1 N–H and O–H groups in total. The maximum absolute atomic E-state index is 13.7. The van der Waals surface area contributed by atoms with Crippen molar-refractivity contribution in [2.24, 2.45) is 0 Å². The average Bonchev–Trinajstić information content (AvgIpc) is 3.39. The molecule has 2 amide bonds. The molecule has 2 aromatic carbocycles. The van der Waals surface area contributed by atoms with Crippen LogP contribution in [0.3, 0.4) is 0 Å². The smallest absolute Gasteiger partial charge is 0.494 e. The molecule has 0 radical (unpaired) electrons. The minimum absolute atomic E-state index is 0.123. The van der Waals surface area contributed by atoms with E-state index in [-0.39, 0.29) is 32.2 Å². The van der Waals surface area contributed by atoms with E-state index >= 15 is 0 Å². The largest absolute Gasteiger partial charge is 0.496 e. The van der Waals surface area contributed by atoms with Gasteiger partial charge in [-0.2, -0.15) is 0 Å². The number of fused-ring (bicyclic) bond motifs is 1. The maximum Gasteiger partial charge on any atom is 0.494 e. The number of carbonyl (C=O) groups is 2. The van der Waals surface area contributed by atoms with E-state index in [0.29, 0.717) is 29.3 Å². The summed E-state index contributed by atoms with van der Waals surface area (Å²) in [4.78, 5) is 27.3. The molecular formula is C31H41BN2O8. The van der Waals surface area contributed by atoms with Crippen molar-refractivity contribution < 1.29 is 37.5 Å². The number of carbonyl (C=O) groups excluding carboxylic acids is 2. The summed E-state index contributed by atoms with van der Waals surface area (Å²) in [6.07, 6.45) is 0.641. The molecule has 0 spiro atoms. The normalized spacial score (nSPS) is 17.1. The van der Waals surface area contributed by atoms with Crippen molar-refractivity contribution in [1.82, 2.24) is 10.2 Å². The number of hydrogen-bond acceptors (Lipinski definition) is 8. The van der Waals surface area contributed by atoms with E-state index in [1.54, 1.807) is 21.0 Å². The van der Waals surface area contributed by atoms with Gasteiger partial charge in [0.25, 0.3) is 0 Å². The molecule has 3 aromatic rings. The molecular weight excluding hydrogens is 539 g/mol. The van der Waals surface area contributed by atoms with Gasteiger partial charge in [-0.3, -0.25) is 9.59 Å². The van der Waals surface area contributed by atoms with Crippen LogP contribution in [0.1, 0.15) is 45.9 Å². The molecule has 2 heterocycles. The van der Waals surface area contributed by atoms with Crippen LogP contribution in [0.25, 0.3) is 11.0 Å². The SMILES string of the molecule is COCCN(C=O)C(C)(COc1c(C)oc2cc(B3OC(C)(C)C(C)(C)O3)ccc12)C(=O)NCc1ccccc1OC. The fraction of sp³-hybridized carbons (Fsp3) is 0.484. The number of nitrogens with zero attached hydrogens (tertiary/aromatic N) is 1. The summed E-state index contributed by atoms with van der Waals surface area (Å²) in [6, 6.07) is 13.1. The van der Waals surface area contributed by atoms with Gasteiger partial charge >= 0.3 is 7.12 Å². The Morgan fingerprint density at radius 3 is 2.43 bits per heavy atom. The third-order valence-corrected chi connectivity index (χ3v) is 8.27. The van der Waals surface area contributed by atoms with E-state index in [4.69, 9.17) is 27.9 Å². The highest BCUT2D eigenvalue weighted by Gasteiger charge is 2.51. The van der Waals surface area contributed by atoms with Crippen LogP contribution in [0.15, 0.2) is 46.9 Å². The van der Waals surface area contributed by atoms with E-state index in [9.17, 15) is 9.59 Å². The summed E-state index contributed by atoms with van der Waals surface area (Å²) >= 11 is 0. The van der Waals surface area contributed by atoms with Gasteiger partial charge in [0, 0.05) is 25.8 Å². The molecule has 226 valence electrons. The minimum Gasteiger partial charge on any atom is -0.496 e. The zero-order valence-corrected chi connectivity index (χ0v) is 25.7. The highest BCUT2D eigenvalue weighted by molar-refractivity contribution is 6.62. The molecule has 1 unspecified atom stereocenters. The zero-order valence-electron chi connectivity index (χ0n) is 25.7. The first-order valence-electron chi connectivity index (χ1n) is 14.0. The van der Waals surface area contributed by atoms with Gasteiger partial charge in [-0.25, -0.2) is 0 Å². The Bertz CT molecular complexity index is 1410. The van der Waals surface area contributed by atoms with Gasteiger partial charge in [-0.1, -0.05) is 24.3 Å². The van der Waals surface area contributed by atoms with Crippen LogP contribution >= 0.6 is 0 Å². The van der Waals surface area contributed by atoms with Crippen molar-refractivity contribution in [3.8, 4) is 11.5 Å². The quantitative estimate of drug-likeness (QED) is 0.241. The molecule has 1 saturated heterocycles. The van der Waals surface area contributed by atoms with Crippen molar-refractivity contribution in [2.75, 3.05) is 34.0 Å². The molecule has 10 nitrogen and oxygen atoms in total. The highest BCUT2D eigenvalue weighted by Crippen LogP contribution is 2.38. The number of para-hydroxylation sites is 1. The zero-order chi connectivity index (χ0) is 30.7. The van der Waals surface area contributed by atoms with Gasteiger partial charge in [0.1, 0.15) is 23.7 Å². The molecule has 0 aliphatic carbocycles. The number of amides is 2. The van der Waals surface area contributed by atoms with Crippen LogP contribution < -0.4 is 20.3 Å². The van der Waals surface area contributed by atoms with Gasteiger partial charge in [0.2, 0.25) is 12.3 Å². The number of rotatable bonds is 13. The van der Waals surface area contributed by atoms with Crippen molar-refractivity contribution >= 4 is 35.9 Å². The summed E-state index contributed by atoms with van der Waals surface area (Å²) in [5, 5.41) is 3.68. The highest BCUT2D eigenvalue weighted by atomic mass is 16.7. The van der Waals surface area contributed by atoms with Crippen LogP contribution in [0.4, 0.5) is 0 Å². The number of furan rings is 1. The lowest BCUT2D eigenvalue weighted by atomic mass is 9.79.